The van der Waals surface area contributed by atoms with Gasteiger partial charge in [-0.25, -0.2) is 4.39 Å². The second kappa shape index (κ2) is 7.88. The van der Waals surface area contributed by atoms with E-state index in [1.54, 1.807) is 36.4 Å². The fourth-order valence-corrected chi connectivity index (χ4v) is 3.79. The van der Waals surface area contributed by atoms with Crippen LogP contribution in [-0.4, -0.2) is 16.8 Å². The zero-order valence-electron chi connectivity index (χ0n) is 16.0. The van der Waals surface area contributed by atoms with Crippen molar-refractivity contribution in [3.8, 4) is 0 Å². The normalized spacial score (nSPS) is 18.1. The lowest BCUT2D eigenvalue weighted by Gasteiger charge is -2.25. The van der Waals surface area contributed by atoms with Crippen LogP contribution < -0.4 is 4.90 Å². The molecule has 0 spiro atoms. The van der Waals surface area contributed by atoms with Crippen LogP contribution in [0.2, 0.25) is 0 Å². The molecule has 1 aliphatic rings. The summed E-state index contributed by atoms with van der Waals surface area (Å²) in [7, 11) is 0. The van der Waals surface area contributed by atoms with Crippen molar-refractivity contribution in [2.24, 2.45) is 0 Å². The molecule has 6 heteroatoms. The third-order valence-electron chi connectivity index (χ3n) is 5.06. The Morgan fingerprint density at radius 2 is 1.53 bits per heavy atom. The van der Waals surface area contributed by atoms with E-state index >= 15 is 0 Å². The molecule has 0 saturated carbocycles. The second-order valence-electron chi connectivity index (χ2n) is 7.06. The number of carbonyl (C=O) groups is 2. The van der Waals surface area contributed by atoms with E-state index in [0.29, 0.717) is 16.8 Å². The van der Waals surface area contributed by atoms with Crippen LogP contribution in [0.15, 0.2) is 82.8 Å². The lowest BCUT2D eigenvalue weighted by atomic mass is 9.95. The fraction of sp³-hybridized carbons (Fsp3) is 0.0833. The average molecular weight is 466 g/mol. The van der Waals surface area contributed by atoms with Gasteiger partial charge in [-0.3, -0.25) is 14.5 Å². The van der Waals surface area contributed by atoms with Crippen molar-refractivity contribution in [1.29, 1.82) is 0 Å². The molecule has 0 bridgehead atoms. The van der Waals surface area contributed by atoms with E-state index in [4.69, 9.17) is 0 Å². The number of rotatable bonds is 3. The Labute approximate surface area is 181 Å². The maximum absolute atomic E-state index is 13.4. The monoisotopic (exact) mass is 465 g/mol. The second-order valence-corrected chi connectivity index (χ2v) is 7.98. The number of aryl methyl sites for hydroxylation is 1. The predicted molar refractivity (Wildman–Crippen MR) is 117 cm³/mol. The Morgan fingerprint density at radius 1 is 0.933 bits per heavy atom. The summed E-state index contributed by atoms with van der Waals surface area (Å²) >= 11 is 3.38. The lowest BCUT2D eigenvalue weighted by molar-refractivity contribution is -0.132. The largest absolute Gasteiger partial charge is 0.507 e. The first kappa shape index (κ1) is 20.0. The van der Waals surface area contributed by atoms with Crippen molar-refractivity contribution in [3.63, 3.8) is 0 Å². The molecular weight excluding hydrogens is 449 g/mol. The number of benzene rings is 3. The van der Waals surface area contributed by atoms with Crippen LogP contribution in [0, 0.1) is 12.7 Å². The van der Waals surface area contributed by atoms with Crippen molar-refractivity contribution in [2.75, 3.05) is 4.90 Å². The van der Waals surface area contributed by atoms with Crippen molar-refractivity contribution in [2.45, 2.75) is 13.0 Å². The first-order valence-corrected chi connectivity index (χ1v) is 10.0. The summed E-state index contributed by atoms with van der Waals surface area (Å²) in [6.07, 6.45) is 0. The molecule has 4 nitrogen and oxygen atoms in total. The van der Waals surface area contributed by atoms with E-state index in [0.717, 1.165) is 10.0 Å². The van der Waals surface area contributed by atoms with Crippen molar-refractivity contribution in [1.82, 2.24) is 0 Å². The van der Waals surface area contributed by atoms with Gasteiger partial charge in [-0.1, -0.05) is 57.9 Å². The van der Waals surface area contributed by atoms with E-state index in [1.165, 1.54) is 29.2 Å². The van der Waals surface area contributed by atoms with Crippen molar-refractivity contribution in [3.05, 3.63) is 105 Å². The predicted octanol–water partition coefficient (Wildman–Crippen LogP) is 5.52. The molecule has 1 atom stereocenters. The zero-order valence-corrected chi connectivity index (χ0v) is 17.6. The first-order valence-electron chi connectivity index (χ1n) is 9.26. The highest BCUT2D eigenvalue weighted by molar-refractivity contribution is 9.10. The van der Waals surface area contributed by atoms with Crippen LogP contribution >= 0.6 is 15.9 Å². The molecule has 0 aromatic heterocycles. The molecule has 1 amide bonds. The van der Waals surface area contributed by atoms with Crippen LogP contribution in [-0.2, 0) is 9.59 Å². The van der Waals surface area contributed by atoms with Crippen LogP contribution in [0.5, 0.6) is 0 Å². The highest BCUT2D eigenvalue weighted by atomic mass is 79.9. The van der Waals surface area contributed by atoms with Gasteiger partial charge < -0.3 is 5.11 Å². The number of amides is 1. The number of hydrogen-bond donors (Lipinski definition) is 1. The van der Waals surface area contributed by atoms with Gasteiger partial charge in [0.05, 0.1) is 11.6 Å². The maximum atomic E-state index is 13.4. The Balaban J connectivity index is 1.93. The van der Waals surface area contributed by atoms with E-state index in [2.05, 4.69) is 15.9 Å². The number of Topliss-reactive ketones (excluding diaryl/α,β-unsaturated/α-hetero) is 1. The average Bonchev–Trinajstić information content (AvgIpc) is 3.00. The number of ketones is 1. The number of anilines is 1. The van der Waals surface area contributed by atoms with Crippen molar-refractivity contribution >= 4 is 39.1 Å². The topological polar surface area (TPSA) is 57.6 Å². The highest BCUT2D eigenvalue weighted by Gasteiger charge is 2.46. The van der Waals surface area contributed by atoms with Crippen LogP contribution in [0.1, 0.15) is 22.7 Å². The van der Waals surface area contributed by atoms with Crippen LogP contribution in [0.25, 0.3) is 5.76 Å². The number of aliphatic hydroxyl groups excluding tert-OH is 1. The van der Waals surface area contributed by atoms with Gasteiger partial charge in [-0.15, -0.1) is 0 Å². The van der Waals surface area contributed by atoms with E-state index in [9.17, 15) is 19.1 Å². The molecule has 30 heavy (non-hydrogen) atoms. The number of nitrogens with zero attached hydrogens (tertiary/aromatic N) is 1. The third-order valence-corrected chi connectivity index (χ3v) is 5.59. The minimum atomic E-state index is -0.843. The third kappa shape index (κ3) is 3.55. The van der Waals surface area contributed by atoms with Gasteiger partial charge in [0.25, 0.3) is 11.7 Å². The first-order chi connectivity index (χ1) is 14.4. The van der Waals surface area contributed by atoms with Gasteiger partial charge in [0.15, 0.2) is 0 Å². The molecule has 1 N–H and O–H groups in total. The summed E-state index contributed by atoms with van der Waals surface area (Å²) in [4.78, 5) is 27.3. The Bertz CT molecular complexity index is 1150. The summed E-state index contributed by atoms with van der Waals surface area (Å²) in [5, 5.41) is 11.0. The molecule has 3 aromatic rings. The summed E-state index contributed by atoms with van der Waals surface area (Å²) in [6.45, 7) is 1.92. The van der Waals surface area contributed by atoms with E-state index < -0.39 is 23.5 Å². The summed E-state index contributed by atoms with van der Waals surface area (Å²) in [6, 6.07) is 18.7. The minimum Gasteiger partial charge on any atom is -0.507 e. The summed E-state index contributed by atoms with van der Waals surface area (Å²) in [5.74, 6) is -2.26. The molecule has 1 heterocycles. The van der Waals surface area contributed by atoms with Gasteiger partial charge in [0, 0.05) is 15.7 Å². The SMILES string of the molecule is Cc1ccc(/C(O)=C2\C(=O)C(=O)N(c3ccc(F)cc3)C2c2ccc(Br)cc2)cc1. The number of aliphatic hydroxyl groups is 1. The van der Waals surface area contributed by atoms with Crippen LogP contribution in [0.3, 0.4) is 0 Å². The lowest BCUT2D eigenvalue weighted by Crippen LogP contribution is -2.29. The fourth-order valence-electron chi connectivity index (χ4n) is 3.53. The molecule has 4 rings (SSSR count). The smallest absolute Gasteiger partial charge is 0.300 e. The number of hydrogen-bond acceptors (Lipinski definition) is 3. The van der Waals surface area contributed by atoms with Gasteiger partial charge >= 0.3 is 0 Å². The molecule has 0 aliphatic carbocycles. The Hall–Kier alpha value is -3.25. The standard InChI is InChI=1S/C24H17BrFNO3/c1-14-2-4-16(5-3-14)22(28)20-21(15-6-8-17(25)9-7-15)27(24(30)23(20)29)19-12-10-18(26)11-13-19/h2-13,21,28H,1H3/b22-20+. The molecule has 0 radical (unpaired) electrons. The van der Waals surface area contributed by atoms with Crippen LogP contribution in [0.4, 0.5) is 10.1 Å². The Kier molecular flexibility index (Phi) is 5.26. The molecule has 1 unspecified atom stereocenters. The zero-order chi connectivity index (χ0) is 21.4. The van der Waals surface area contributed by atoms with E-state index in [-0.39, 0.29) is 11.3 Å². The molecule has 1 aliphatic heterocycles. The molecule has 3 aromatic carbocycles. The molecule has 1 saturated heterocycles. The molecule has 150 valence electrons. The summed E-state index contributed by atoms with van der Waals surface area (Å²) in [5.41, 5.74) is 2.46. The quantitative estimate of drug-likeness (QED) is 0.314. The van der Waals surface area contributed by atoms with Gasteiger partial charge in [0.2, 0.25) is 0 Å². The molecular formula is C24H17BrFNO3. The molecule has 1 fully saturated rings. The van der Waals surface area contributed by atoms with E-state index in [1.807, 2.05) is 19.1 Å². The number of halogens is 2. The van der Waals surface area contributed by atoms with Gasteiger partial charge in [-0.05, 0) is 48.9 Å². The summed E-state index contributed by atoms with van der Waals surface area (Å²) < 4.78 is 14.3. The van der Waals surface area contributed by atoms with Gasteiger partial charge in [0.1, 0.15) is 11.6 Å². The Morgan fingerprint density at radius 3 is 2.13 bits per heavy atom. The highest BCUT2D eigenvalue weighted by Crippen LogP contribution is 2.42. The van der Waals surface area contributed by atoms with Gasteiger partial charge in [-0.2, -0.15) is 0 Å². The van der Waals surface area contributed by atoms with Crippen molar-refractivity contribution < 1.29 is 19.1 Å². The number of carbonyl (C=O) groups excluding carboxylic acids is 2. The minimum absolute atomic E-state index is 0.00417. The maximum Gasteiger partial charge on any atom is 0.300 e.